The Morgan fingerprint density at radius 1 is 1.21 bits per heavy atom. The predicted octanol–water partition coefficient (Wildman–Crippen LogP) is 3.74. The maximum atomic E-state index is 14.3. The minimum absolute atomic E-state index is 0.0563. The third kappa shape index (κ3) is 3.83. The molecular weight excluding hydrogens is 262 g/mol. The number of hydrogen-bond donors (Lipinski definition) is 1. The van der Waals surface area contributed by atoms with Crippen molar-refractivity contribution in [1.82, 2.24) is 5.32 Å². The molecule has 0 spiro atoms. The molecule has 1 heterocycles. The molecule has 1 saturated heterocycles. The van der Waals surface area contributed by atoms with Crippen molar-refractivity contribution in [3.63, 3.8) is 0 Å². The lowest BCUT2D eigenvalue weighted by atomic mass is 9.95. The number of halogens is 4. The highest BCUT2D eigenvalue weighted by Crippen LogP contribution is 2.35. The highest BCUT2D eigenvalue weighted by molar-refractivity contribution is 5.36. The lowest BCUT2D eigenvalue weighted by Crippen LogP contribution is -2.37. The van der Waals surface area contributed by atoms with Gasteiger partial charge in [-0.05, 0) is 25.5 Å². The van der Waals surface area contributed by atoms with Crippen molar-refractivity contribution in [2.45, 2.75) is 37.8 Å². The van der Waals surface area contributed by atoms with Crippen molar-refractivity contribution < 1.29 is 22.3 Å². The molecule has 1 N–H and O–H groups in total. The number of rotatable bonds is 3. The Morgan fingerprint density at radius 2 is 1.95 bits per heavy atom. The zero-order valence-corrected chi connectivity index (χ0v) is 10.2. The van der Waals surface area contributed by atoms with Gasteiger partial charge in [0.15, 0.2) is 0 Å². The average Bonchev–Trinajstić information content (AvgIpc) is 2.38. The molecule has 106 valence electrons. The Bertz CT molecular complexity index is 415. The summed E-state index contributed by atoms with van der Waals surface area (Å²) >= 11 is 0. The van der Waals surface area contributed by atoms with Crippen LogP contribution in [0.15, 0.2) is 24.3 Å². The van der Waals surface area contributed by atoms with Crippen LogP contribution >= 0.6 is 0 Å². The minimum Gasteiger partial charge on any atom is -0.405 e. The lowest BCUT2D eigenvalue weighted by molar-refractivity contribution is -0.275. The summed E-state index contributed by atoms with van der Waals surface area (Å²) in [7, 11) is 0. The van der Waals surface area contributed by atoms with Crippen LogP contribution in [0.3, 0.4) is 0 Å². The summed E-state index contributed by atoms with van der Waals surface area (Å²) in [5, 5.41) is 3.00. The summed E-state index contributed by atoms with van der Waals surface area (Å²) in [6.07, 6.45) is -3.86. The Balaban J connectivity index is 2.18. The number of piperidine rings is 1. The fourth-order valence-corrected chi connectivity index (χ4v) is 2.27. The second-order valence-corrected chi connectivity index (χ2v) is 4.54. The fourth-order valence-electron chi connectivity index (χ4n) is 2.27. The van der Waals surface area contributed by atoms with Crippen molar-refractivity contribution in [2.75, 3.05) is 6.54 Å². The first-order valence-electron chi connectivity index (χ1n) is 6.19. The molecule has 6 heteroatoms. The molecule has 1 aliphatic heterocycles. The molecule has 0 bridgehead atoms. The third-order valence-electron chi connectivity index (χ3n) is 3.14. The predicted molar refractivity (Wildman–Crippen MR) is 62.6 cm³/mol. The van der Waals surface area contributed by atoms with E-state index in [1.54, 1.807) is 0 Å². The van der Waals surface area contributed by atoms with Gasteiger partial charge in [-0.15, -0.1) is 13.2 Å². The summed E-state index contributed by atoms with van der Waals surface area (Å²) in [5.41, 5.74) is -0.0563. The highest BCUT2D eigenvalue weighted by Gasteiger charge is 2.34. The van der Waals surface area contributed by atoms with E-state index in [2.05, 4.69) is 10.1 Å². The summed E-state index contributed by atoms with van der Waals surface area (Å²) in [6.45, 7) is 0.688. The monoisotopic (exact) mass is 277 g/mol. The average molecular weight is 277 g/mol. The second kappa shape index (κ2) is 5.77. The van der Waals surface area contributed by atoms with Crippen LogP contribution in [0.2, 0.25) is 0 Å². The molecule has 2 rings (SSSR count). The molecular formula is C13H15F4NO. The van der Waals surface area contributed by atoms with Crippen LogP contribution in [-0.2, 0) is 0 Å². The van der Waals surface area contributed by atoms with Gasteiger partial charge in [0.2, 0.25) is 0 Å². The Hall–Kier alpha value is -1.30. The zero-order chi connectivity index (χ0) is 13.9. The molecule has 0 saturated carbocycles. The van der Waals surface area contributed by atoms with E-state index in [1.165, 1.54) is 18.2 Å². The number of hydrogen-bond acceptors (Lipinski definition) is 2. The number of ether oxygens (including phenoxy) is 1. The van der Waals surface area contributed by atoms with Gasteiger partial charge in [0, 0.05) is 11.6 Å². The molecule has 2 atom stereocenters. The van der Waals surface area contributed by atoms with Crippen molar-refractivity contribution in [3.8, 4) is 5.75 Å². The molecule has 0 aromatic heterocycles. The largest absolute Gasteiger partial charge is 0.573 e. The second-order valence-electron chi connectivity index (χ2n) is 4.54. The first-order chi connectivity index (χ1) is 8.97. The molecule has 0 amide bonds. The van der Waals surface area contributed by atoms with E-state index < -0.39 is 24.3 Å². The molecule has 2 nitrogen and oxygen atoms in total. The van der Waals surface area contributed by atoms with Crippen LogP contribution < -0.4 is 10.1 Å². The first kappa shape index (κ1) is 14.1. The minimum atomic E-state index is -4.81. The van der Waals surface area contributed by atoms with Crippen LogP contribution in [0.5, 0.6) is 5.75 Å². The summed E-state index contributed by atoms with van der Waals surface area (Å²) in [6, 6.07) is 4.92. The van der Waals surface area contributed by atoms with Gasteiger partial charge >= 0.3 is 6.36 Å². The molecule has 1 aromatic carbocycles. The third-order valence-corrected chi connectivity index (χ3v) is 3.14. The molecule has 0 aliphatic carbocycles. The van der Waals surface area contributed by atoms with E-state index in [9.17, 15) is 17.6 Å². The molecule has 0 radical (unpaired) electrons. The lowest BCUT2D eigenvalue weighted by Gasteiger charge is -2.27. The van der Waals surface area contributed by atoms with E-state index in [4.69, 9.17) is 0 Å². The van der Waals surface area contributed by atoms with E-state index in [0.717, 1.165) is 18.9 Å². The van der Waals surface area contributed by atoms with E-state index in [1.807, 2.05) is 0 Å². The Kier molecular flexibility index (Phi) is 4.29. The van der Waals surface area contributed by atoms with Crippen LogP contribution in [0, 0.1) is 0 Å². The molecule has 19 heavy (non-hydrogen) atoms. The van der Waals surface area contributed by atoms with E-state index in [-0.39, 0.29) is 5.56 Å². The number of para-hydroxylation sites is 1. The fraction of sp³-hybridized carbons (Fsp3) is 0.538. The van der Waals surface area contributed by atoms with Gasteiger partial charge in [-0.1, -0.05) is 24.6 Å². The molecule has 2 unspecified atom stereocenters. The number of alkyl halides is 4. The Morgan fingerprint density at radius 3 is 2.58 bits per heavy atom. The van der Waals surface area contributed by atoms with E-state index >= 15 is 0 Å². The standard InChI is InChI=1S/C13H15F4NO/c14-12(10-6-3-4-8-18-10)9-5-1-2-7-11(9)19-13(15,16)17/h1-2,5,7,10,12,18H,3-4,6,8H2. The van der Waals surface area contributed by atoms with Crippen molar-refractivity contribution >= 4 is 0 Å². The van der Waals surface area contributed by atoms with Gasteiger partial charge in [0.25, 0.3) is 0 Å². The molecule has 1 fully saturated rings. The number of benzene rings is 1. The van der Waals surface area contributed by atoms with Crippen LogP contribution in [-0.4, -0.2) is 18.9 Å². The summed E-state index contributed by atoms with van der Waals surface area (Å²) < 4.78 is 55.0. The van der Waals surface area contributed by atoms with Gasteiger partial charge in [0.1, 0.15) is 11.9 Å². The van der Waals surface area contributed by atoms with Crippen LogP contribution in [0.4, 0.5) is 17.6 Å². The van der Waals surface area contributed by atoms with Gasteiger partial charge in [-0.2, -0.15) is 0 Å². The van der Waals surface area contributed by atoms with Crippen LogP contribution in [0.25, 0.3) is 0 Å². The summed E-state index contributed by atoms with van der Waals surface area (Å²) in [5.74, 6) is -0.463. The Labute approximate surface area is 108 Å². The SMILES string of the molecule is FC(c1ccccc1OC(F)(F)F)C1CCCCN1. The smallest absolute Gasteiger partial charge is 0.405 e. The maximum absolute atomic E-state index is 14.3. The quantitative estimate of drug-likeness (QED) is 0.850. The normalized spacial score (nSPS) is 22.0. The molecule has 1 aromatic rings. The first-order valence-corrected chi connectivity index (χ1v) is 6.19. The highest BCUT2D eigenvalue weighted by atomic mass is 19.4. The number of nitrogens with one attached hydrogen (secondary N) is 1. The van der Waals surface area contributed by atoms with Crippen LogP contribution in [0.1, 0.15) is 31.0 Å². The van der Waals surface area contributed by atoms with Gasteiger partial charge in [-0.3, -0.25) is 0 Å². The van der Waals surface area contributed by atoms with Crippen molar-refractivity contribution in [3.05, 3.63) is 29.8 Å². The van der Waals surface area contributed by atoms with E-state index in [0.29, 0.717) is 13.0 Å². The van der Waals surface area contributed by atoms with Gasteiger partial charge < -0.3 is 10.1 Å². The van der Waals surface area contributed by atoms with Crippen molar-refractivity contribution in [2.24, 2.45) is 0 Å². The van der Waals surface area contributed by atoms with Gasteiger partial charge in [-0.25, -0.2) is 4.39 Å². The maximum Gasteiger partial charge on any atom is 0.573 e. The summed E-state index contributed by atoms with van der Waals surface area (Å²) in [4.78, 5) is 0. The van der Waals surface area contributed by atoms with Crippen molar-refractivity contribution in [1.29, 1.82) is 0 Å². The van der Waals surface area contributed by atoms with Gasteiger partial charge in [0.05, 0.1) is 0 Å². The zero-order valence-electron chi connectivity index (χ0n) is 10.2. The molecule has 1 aliphatic rings. The topological polar surface area (TPSA) is 21.3 Å².